The van der Waals surface area contributed by atoms with Crippen molar-refractivity contribution in [3.63, 3.8) is 0 Å². The van der Waals surface area contributed by atoms with Crippen LogP contribution < -0.4 is 14.5 Å². The van der Waals surface area contributed by atoms with Crippen LogP contribution in [0.1, 0.15) is 0 Å². The van der Waals surface area contributed by atoms with Crippen LogP contribution in [0.4, 0.5) is 11.5 Å². The van der Waals surface area contributed by atoms with Crippen molar-refractivity contribution in [3.05, 3.63) is 65.0 Å². The summed E-state index contributed by atoms with van der Waals surface area (Å²) >= 11 is 7.95. The first kappa shape index (κ1) is 19.2. The third-order valence-corrected chi connectivity index (χ3v) is 6.76. The van der Waals surface area contributed by atoms with E-state index in [1.165, 1.54) is 5.69 Å². The van der Waals surface area contributed by atoms with Crippen LogP contribution in [0.2, 0.25) is 5.02 Å². The molecule has 2 aromatic heterocycles. The lowest BCUT2D eigenvalue weighted by Crippen LogP contribution is -2.47. The molecule has 0 amide bonds. The quantitative estimate of drug-likeness (QED) is 0.431. The van der Waals surface area contributed by atoms with Crippen LogP contribution >= 0.6 is 22.9 Å². The maximum atomic E-state index is 6.37. The number of thiophene rings is 1. The van der Waals surface area contributed by atoms with E-state index in [0.29, 0.717) is 10.8 Å². The topological polar surface area (TPSA) is 41.5 Å². The van der Waals surface area contributed by atoms with Crippen LogP contribution in [0.3, 0.4) is 0 Å². The molecule has 5 rings (SSSR count). The van der Waals surface area contributed by atoms with Crippen molar-refractivity contribution in [1.82, 2.24) is 9.97 Å². The number of ether oxygens (including phenoxy) is 1. The van der Waals surface area contributed by atoms with Gasteiger partial charge in [-0.05, 0) is 47.8 Å². The first-order chi connectivity index (χ1) is 14.7. The van der Waals surface area contributed by atoms with Crippen LogP contribution in [-0.4, -0.2) is 43.3 Å². The zero-order valence-corrected chi connectivity index (χ0v) is 18.2. The normalized spacial score (nSPS) is 14.3. The Morgan fingerprint density at radius 3 is 2.33 bits per heavy atom. The molecule has 1 fully saturated rings. The lowest BCUT2D eigenvalue weighted by molar-refractivity contribution is 0.415. The lowest BCUT2D eigenvalue weighted by atomic mass is 10.2. The number of hydrogen-bond donors (Lipinski definition) is 0. The number of benzene rings is 2. The zero-order valence-electron chi connectivity index (χ0n) is 16.6. The molecule has 0 saturated carbocycles. The minimum absolute atomic E-state index is 0.696. The van der Waals surface area contributed by atoms with E-state index in [4.69, 9.17) is 26.3 Å². The molecule has 0 N–H and O–H groups in total. The summed E-state index contributed by atoms with van der Waals surface area (Å²) in [5.41, 5.74) is 2.16. The van der Waals surface area contributed by atoms with Crippen LogP contribution in [-0.2, 0) is 0 Å². The lowest BCUT2D eigenvalue weighted by Gasteiger charge is -2.37. The van der Waals surface area contributed by atoms with Crippen molar-refractivity contribution in [2.45, 2.75) is 0 Å². The Hall–Kier alpha value is -2.83. The Kier molecular flexibility index (Phi) is 5.19. The SMILES string of the molecule is COc1ccc(N2CCN(c3nc(-c4sccc4Cl)nc4ccccc34)CC2)cc1. The Morgan fingerprint density at radius 1 is 0.900 bits per heavy atom. The molecule has 0 bridgehead atoms. The third kappa shape index (κ3) is 3.57. The zero-order chi connectivity index (χ0) is 20.5. The number of fused-ring (bicyclic) bond motifs is 1. The molecule has 0 radical (unpaired) electrons. The number of methoxy groups -OCH3 is 1. The van der Waals surface area contributed by atoms with Gasteiger partial charge in [0.25, 0.3) is 0 Å². The van der Waals surface area contributed by atoms with E-state index >= 15 is 0 Å². The standard InChI is InChI=1S/C23H21ClN4OS/c1-29-17-8-6-16(7-9-17)27-11-13-28(14-12-27)23-18-4-2-3-5-20(18)25-22(26-23)21-19(24)10-15-30-21/h2-10,15H,11-14H2,1H3. The maximum Gasteiger partial charge on any atom is 0.173 e. The summed E-state index contributed by atoms with van der Waals surface area (Å²) in [7, 11) is 1.69. The Labute approximate surface area is 184 Å². The van der Waals surface area contributed by atoms with Crippen LogP contribution in [0.25, 0.3) is 21.6 Å². The summed E-state index contributed by atoms with van der Waals surface area (Å²) in [6, 6.07) is 18.3. The van der Waals surface area contributed by atoms with Gasteiger partial charge in [0.1, 0.15) is 11.6 Å². The monoisotopic (exact) mass is 436 g/mol. The maximum absolute atomic E-state index is 6.37. The predicted molar refractivity (Wildman–Crippen MR) is 125 cm³/mol. The molecule has 152 valence electrons. The van der Waals surface area contributed by atoms with Gasteiger partial charge in [0.15, 0.2) is 5.82 Å². The van der Waals surface area contributed by atoms with Gasteiger partial charge in [0.05, 0.1) is 22.5 Å². The smallest absolute Gasteiger partial charge is 0.173 e. The first-order valence-corrected chi connectivity index (χ1v) is 11.1. The summed E-state index contributed by atoms with van der Waals surface area (Å²) in [6.45, 7) is 3.65. The number of nitrogens with zero attached hydrogens (tertiary/aromatic N) is 4. The number of aromatic nitrogens is 2. The predicted octanol–water partition coefficient (Wildman–Crippen LogP) is 5.35. The van der Waals surface area contributed by atoms with Gasteiger partial charge >= 0.3 is 0 Å². The van der Waals surface area contributed by atoms with Crippen molar-refractivity contribution >= 4 is 45.3 Å². The second-order valence-corrected chi connectivity index (χ2v) is 8.48. The Morgan fingerprint density at radius 2 is 1.63 bits per heavy atom. The summed E-state index contributed by atoms with van der Waals surface area (Å²) in [5.74, 6) is 2.56. The van der Waals surface area contributed by atoms with Gasteiger partial charge in [-0.3, -0.25) is 0 Å². The molecule has 0 atom stereocenters. The van der Waals surface area contributed by atoms with E-state index < -0.39 is 0 Å². The van der Waals surface area contributed by atoms with Crippen molar-refractivity contribution in [2.24, 2.45) is 0 Å². The molecule has 3 heterocycles. The number of para-hydroxylation sites is 1. The fraction of sp³-hybridized carbons (Fsp3) is 0.217. The molecular formula is C23H21ClN4OS. The number of anilines is 2. The molecule has 4 aromatic rings. The van der Waals surface area contributed by atoms with E-state index in [1.807, 2.05) is 41.8 Å². The Balaban J connectivity index is 1.44. The highest BCUT2D eigenvalue weighted by Gasteiger charge is 2.22. The van der Waals surface area contributed by atoms with Gasteiger partial charge in [-0.25, -0.2) is 9.97 Å². The van der Waals surface area contributed by atoms with Crippen LogP contribution in [0.15, 0.2) is 60.0 Å². The number of piperazine rings is 1. The van der Waals surface area contributed by atoms with Gasteiger partial charge in [0.2, 0.25) is 0 Å². The number of halogens is 1. The van der Waals surface area contributed by atoms with Gasteiger partial charge in [-0.2, -0.15) is 0 Å². The van der Waals surface area contributed by atoms with Crippen molar-refractivity contribution in [1.29, 1.82) is 0 Å². The second kappa shape index (κ2) is 8.13. The van der Waals surface area contributed by atoms with Crippen LogP contribution in [0, 0.1) is 0 Å². The average molecular weight is 437 g/mol. The summed E-state index contributed by atoms with van der Waals surface area (Å²) in [4.78, 5) is 15.4. The van der Waals surface area contributed by atoms with Crippen LogP contribution in [0.5, 0.6) is 5.75 Å². The number of hydrogen-bond acceptors (Lipinski definition) is 6. The minimum atomic E-state index is 0.696. The van der Waals surface area contributed by atoms with Gasteiger partial charge in [-0.15, -0.1) is 11.3 Å². The summed E-state index contributed by atoms with van der Waals surface area (Å²) in [5, 5.41) is 3.75. The highest BCUT2D eigenvalue weighted by molar-refractivity contribution is 7.14. The molecular weight excluding hydrogens is 416 g/mol. The van der Waals surface area contributed by atoms with Gasteiger partial charge in [-0.1, -0.05) is 23.7 Å². The first-order valence-electron chi connectivity index (χ1n) is 9.87. The molecule has 1 aliphatic rings. The van der Waals surface area contributed by atoms with Crippen molar-refractivity contribution < 1.29 is 4.74 Å². The third-order valence-electron chi connectivity index (χ3n) is 5.42. The van der Waals surface area contributed by atoms with E-state index in [1.54, 1.807) is 18.4 Å². The fourth-order valence-electron chi connectivity index (χ4n) is 3.83. The summed E-state index contributed by atoms with van der Waals surface area (Å²) in [6.07, 6.45) is 0. The Bertz CT molecular complexity index is 1170. The second-order valence-electron chi connectivity index (χ2n) is 7.16. The van der Waals surface area contributed by atoms with Gasteiger partial charge < -0.3 is 14.5 Å². The summed E-state index contributed by atoms with van der Waals surface area (Å²) < 4.78 is 5.27. The molecule has 0 spiro atoms. The average Bonchev–Trinajstić information content (AvgIpc) is 3.24. The molecule has 7 heteroatoms. The molecule has 1 saturated heterocycles. The van der Waals surface area contributed by atoms with Gasteiger partial charge in [0, 0.05) is 37.3 Å². The van der Waals surface area contributed by atoms with Crippen molar-refractivity contribution in [2.75, 3.05) is 43.1 Å². The van der Waals surface area contributed by atoms with E-state index in [0.717, 1.165) is 53.5 Å². The molecule has 5 nitrogen and oxygen atoms in total. The molecule has 2 aromatic carbocycles. The fourth-order valence-corrected chi connectivity index (χ4v) is 4.90. The van der Waals surface area contributed by atoms with Crippen molar-refractivity contribution in [3.8, 4) is 16.5 Å². The molecule has 30 heavy (non-hydrogen) atoms. The highest BCUT2D eigenvalue weighted by Crippen LogP contribution is 2.34. The van der Waals surface area contributed by atoms with E-state index in [9.17, 15) is 0 Å². The highest BCUT2D eigenvalue weighted by atomic mass is 35.5. The number of rotatable bonds is 4. The minimum Gasteiger partial charge on any atom is -0.497 e. The largest absolute Gasteiger partial charge is 0.497 e. The molecule has 0 unspecified atom stereocenters. The molecule has 0 aliphatic carbocycles. The van der Waals surface area contributed by atoms with E-state index in [-0.39, 0.29) is 0 Å². The molecule has 1 aliphatic heterocycles. The van der Waals surface area contributed by atoms with E-state index in [2.05, 4.69) is 28.0 Å².